The predicted octanol–water partition coefficient (Wildman–Crippen LogP) is 4.06. The first-order chi connectivity index (χ1) is 12.6. The molecule has 1 amide bonds. The van der Waals surface area contributed by atoms with Gasteiger partial charge in [-0.25, -0.2) is 4.98 Å². The summed E-state index contributed by atoms with van der Waals surface area (Å²) in [7, 11) is 1.62. The minimum absolute atomic E-state index is 0.212. The van der Waals surface area contributed by atoms with Crippen molar-refractivity contribution in [2.45, 2.75) is 33.2 Å². The number of hydrogen-bond donors (Lipinski definition) is 1. The molecule has 134 valence electrons. The summed E-state index contributed by atoms with van der Waals surface area (Å²) in [4.78, 5) is 18.6. The van der Waals surface area contributed by atoms with Crippen molar-refractivity contribution in [3.8, 4) is 17.0 Å². The third-order valence-corrected chi connectivity index (χ3v) is 5.71. The number of aryl methyl sites for hydroxylation is 3. The smallest absolute Gasteiger partial charge is 0.287 e. The molecule has 0 aliphatic heterocycles. The van der Waals surface area contributed by atoms with E-state index in [9.17, 15) is 4.79 Å². The summed E-state index contributed by atoms with van der Waals surface area (Å²) in [6, 6.07) is 7.64. The normalized spacial score (nSPS) is 12.4. The molecule has 1 N–H and O–H groups in total. The van der Waals surface area contributed by atoms with Crippen molar-refractivity contribution in [3.05, 3.63) is 56.8 Å². The van der Waals surface area contributed by atoms with Gasteiger partial charge in [0.1, 0.15) is 11.5 Å². The van der Waals surface area contributed by atoms with Crippen LogP contribution in [0.1, 0.15) is 37.3 Å². The van der Waals surface area contributed by atoms with E-state index in [1.54, 1.807) is 18.4 Å². The summed E-state index contributed by atoms with van der Waals surface area (Å²) in [6.07, 6.45) is 1.73. The third-order valence-electron chi connectivity index (χ3n) is 4.68. The first kappa shape index (κ1) is 16.8. The van der Waals surface area contributed by atoms with E-state index >= 15 is 0 Å². The van der Waals surface area contributed by atoms with Crippen molar-refractivity contribution >= 4 is 17.2 Å². The van der Waals surface area contributed by atoms with E-state index in [2.05, 4.69) is 10.3 Å². The van der Waals surface area contributed by atoms with Crippen molar-refractivity contribution < 1.29 is 13.9 Å². The maximum atomic E-state index is 12.7. The Balaban J connectivity index is 1.59. The second kappa shape index (κ2) is 6.61. The Kier molecular flexibility index (Phi) is 4.28. The second-order valence-corrected chi connectivity index (χ2v) is 7.64. The molecule has 0 saturated heterocycles. The average Bonchev–Trinajstić information content (AvgIpc) is 3.19. The molecule has 2 aromatic heterocycles. The molecule has 0 spiro atoms. The topological polar surface area (TPSA) is 64.4 Å². The van der Waals surface area contributed by atoms with Crippen LogP contribution in [0.25, 0.3) is 11.3 Å². The summed E-state index contributed by atoms with van der Waals surface area (Å²) >= 11 is 1.72. The van der Waals surface area contributed by atoms with Crippen LogP contribution in [0.2, 0.25) is 0 Å². The van der Waals surface area contributed by atoms with Crippen molar-refractivity contribution in [1.82, 2.24) is 10.3 Å². The van der Waals surface area contributed by atoms with Crippen LogP contribution < -0.4 is 10.1 Å². The molecule has 0 fully saturated rings. The van der Waals surface area contributed by atoms with E-state index in [-0.39, 0.29) is 5.91 Å². The van der Waals surface area contributed by atoms with Gasteiger partial charge in [0.25, 0.3) is 5.91 Å². The van der Waals surface area contributed by atoms with Gasteiger partial charge < -0.3 is 14.5 Å². The number of nitrogens with zero attached hydrogens (tertiary/aromatic N) is 1. The van der Waals surface area contributed by atoms with Gasteiger partial charge in [-0.2, -0.15) is 0 Å². The van der Waals surface area contributed by atoms with Crippen molar-refractivity contribution in [1.29, 1.82) is 0 Å². The van der Waals surface area contributed by atoms with Crippen LogP contribution in [0.5, 0.6) is 5.75 Å². The van der Waals surface area contributed by atoms with Crippen LogP contribution >= 0.6 is 11.3 Å². The molecule has 0 unspecified atom stereocenters. The number of fused-ring (bicyclic) bond motifs is 3. The van der Waals surface area contributed by atoms with Crippen LogP contribution in [0, 0.1) is 13.8 Å². The number of rotatable bonds is 4. The van der Waals surface area contributed by atoms with Crippen molar-refractivity contribution in [3.63, 3.8) is 0 Å². The van der Waals surface area contributed by atoms with Crippen molar-refractivity contribution in [2.24, 2.45) is 0 Å². The molecule has 2 heterocycles. The molecule has 1 aromatic carbocycles. The number of nitrogens with one attached hydrogen (secondary N) is 1. The first-order valence-corrected chi connectivity index (χ1v) is 9.39. The Morgan fingerprint density at radius 2 is 2.12 bits per heavy atom. The summed E-state index contributed by atoms with van der Waals surface area (Å²) in [5.74, 6) is 1.79. The van der Waals surface area contributed by atoms with E-state index in [1.807, 2.05) is 38.1 Å². The number of furan rings is 1. The largest absolute Gasteiger partial charge is 0.496 e. The number of carbonyl (C=O) groups excluding carboxylic acids is 1. The molecule has 5 nitrogen and oxygen atoms in total. The standard InChI is InChI=1S/C20H20N2O3S/c1-11-17-15(8-9-16-18(17)22-12(2)26-16)25-19(11)20(23)21-10-13-6-4-5-7-14(13)24-3/h4-7H,8-10H2,1-3H3,(H,21,23). The van der Waals surface area contributed by atoms with Gasteiger partial charge in [-0.05, 0) is 26.3 Å². The fraction of sp³-hybridized carbons (Fsp3) is 0.300. The van der Waals surface area contributed by atoms with Gasteiger partial charge in [0.2, 0.25) is 0 Å². The summed E-state index contributed by atoms with van der Waals surface area (Å²) in [5.41, 5.74) is 3.77. The monoisotopic (exact) mass is 368 g/mol. The van der Waals surface area contributed by atoms with Crippen LogP contribution in [0.4, 0.5) is 0 Å². The molecule has 0 saturated carbocycles. The number of thiazole rings is 1. The van der Waals surface area contributed by atoms with Crippen molar-refractivity contribution in [2.75, 3.05) is 7.11 Å². The van der Waals surface area contributed by atoms with E-state index in [0.717, 1.165) is 51.7 Å². The van der Waals surface area contributed by atoms with E-state index in [4.69, 9.17) is 9.15 Å². The summed E-state index contributed by atoms with van der Waals surface area (Å²) in [6.45, 7) is 4.33. The number of hydrogen-bond acceptors (Lipinski definition) is 5. The zero-order valence-electron chi connectivity index (χ0n) is 15.0. The quantitative estimate of drug-likeness (QED) is 0.754. The Bertz CT molecular complexity index is 987. The minimum Gasteiger partial charge on any atom is -0.496 e. The van der Waals surface area contributed by atoms with Gasteiger partial charge in [0.05, 0.1) is 17.8 Å². The van der Waals surface area contributed by atoms with E-state index in [1.165, 1.54) is 4.88 Å². The van der Waals surface area contributed by atoms with Crippen LogP contribution in [-0.4, -0.2) is 18.0 Å². The fourth-order valence-electron chi connectivity index (χ4n) is 3.44. The predicted molar refractivity (Wildman–Crippen MR) is 101 cm³/mol. The molecule has 0 atom stereocenters. The highest BCUT2D eigenvalue weighted by Gasteiger charge is 2.29. The molecule has 0 radical (unpaired) electrons. The lowest BCUT2D eigenvalue weighted by molar-refractivity contribution is 0.0920. The number of carbonyl (C=O) groups is 1. The second-order valence-electron chi connectivity index (χ2n) is 6.35. The van der Waals surface area contributed by atoms with Gasteiger partial charge in [0, 0.05) is 34.5 Å². The number of ether oxygens (including phenoxy) is 1. The Morgan fingerprint density at radius 1 is 1.31 bits per heavy atom. The molecule has 3 aromatic rings. The van der Waals surface area contributed by atoms with Gasteiger partial charge in [0.15, 0.2) is 5.76 Å². The maximum absolute atomic E-state index is 12.7. The zero-order valence-corrected chi connectivity index (χ0v) is 15.8. The van der Waals surface area contributed by atoms with Crippen LogP contribution in [0.15, 0.2) is 28.7 Å². The van der Waals surface area contributed by atoms with Crippen LogP contribution in [0.3, 0.4) is 0 Å². The highest BCUT2D eigenvalue weighted by atomic mass is 32.1. The van der Waals surface area contributed by atoms with Gasteiger partial charge in [-0.1, -0.05) is 18.2 Å². The summed E-state index contributed by atoms with van der Waals surface area (Å²) < 4.78 is 11.3. The van der Waals surface area contributed by atoms with Gasteiger partial charge >= 0.3 is 0 Å². The average molecular weight is 368 g/mol. The van der Waals surface area contributed by atoms with E-state index in [0.29, 0.717) is 12.3 Å². The number of amides is 1. The lowest BCUT2D eigenvalue weighted by Crippen LogP contribution is -2.23. The molecule has 26 heavy (non-hydrogen) atoms. The Labute approximate surface area is 156 Å². The molecular formula is C20H20N2O3S. The SMILES string of the molecule is COc1ccccc1CNC(=O)c1oc2c(c1C)-c1nc(C)sc1CC2. The first-order valence-electron chi connectivity index (χ1n) is 8.57. The molecule has 6 heteroatoms. The highest BCUT2D eigenvalue weighted by Crippen LogP contribution is 2.40. The van der Waals surface area contributed by atoms with Gasteiger partial charge in [-0.15, -0.1) is 11.3 Å². The molecular weight excluding hydrogens is 348 g/mol. The molecule has 4 rings (SSSR count). The van der Waals surface area contributed by atoms with Gasteiger partial charge in [-0.3, -0.25) is 4.79 Å². The fourth-order valence-corrected chi connectivity index (χ4v) is 4.38. The Morgan fingerprint density at radius 3 is 2.92 bits per heavy atom. The molecule has 1 aliphatic rings. The third kappa shape index (κ3) is 2.80. The zero-order chi connectivity index (χ0) is 18.3. The lowest BCUT2D eigenvalue weighted by Gasteiger charge is -2.09. The summed E-state index contributed by atoms with van der Waals surface area (Å²) in [5, 5.41) is 3.99. The molecule has 1 aliphatic carbocycles. The molecule has 0 bridgehead atoms. The number of para-hydroxylation sites is 1. The lowest BCUT2D eigenvalue weighted by atomic mass is 9.97. The number of methoxy groups -OCH3 is 1. The van der Waals surface area contributed by atoms with E-state index < -0.39 is 0 Å². The Hall–Kier alpha value is -2.60. The number of aromatic nitrogens is 1. The van der Waals surface area contributed by atoms with Crippen LogP contribution in [-0.2, 0) is 19.4 Å². The minimum atomic E-state index is -0.212. The number of benzene rings is 1. The maximum Gasteiger partial charge on any atom is 0.287 e. The highest BCUT2D eigenvalue weighted by molar-refractivity contribution is 7.12.